The molecule has 0 aliphatic carbocycles. The Morgan fingerprint density at radius 1 is 1.16 bits per heavy atom. The topological polar surface area (TPSA) is 49.8 Å². The molecule has 0 radical (unpaired) electrons. The Bertz CT molecular complexity index is 672. The predicted octanol–water partition coefficient (Wildman–Crippen LogP) is 4.45. The second-order valence-electron chi connectivity index (χ2n) is 3.89. The van der Waals surface area contributed by atoms with Crippen molar-refractivity contribution in [2.24, 2.45) is 5.73 Å². The Morgan fingerprint density at radius 2 is 1.84 bits per heavy atom. The van der Waals surface area contributed by atoms with Crippen LogP contribution in [-0.2, 0) is 0 Å². The van der Waals surface area contributed by atoms with E-state index in [2.05, 4.69) is 22.0 Å². The number of hydrogen-bond donors (Lipinski definition) is 1. The molecule has 0 aliphatic heterocycles. The maximum atomic E-state index is 9.33. The summed E-state index contributed by atoms with van der Waals surface area (Å²) in [6.07, 6.45) is 0. The third kappa shape index (κ3) is 2.98. The van der Waals surface area contributed by atoms with E-state index in [0.29, 0.717) is 21.9 Å². The average molecular weight is 334 g/mol. The van der Waals surface area contributed by atoms with Crippen LogP contribution in [0, 0.1) is 11.3 Å². The highest BCUT2D eigenvalue weighted by Gasteiger charge is 2.11. The molecule has 0 unspecified atom stereocenters. The molecule has 0 spiro atoms. The molecule has 0 atom stereocenters. The summed E-state index contributed by atoms with van der Waals surface area (Å²) in [6, 6.07) is 16.8. The van der Waals surface area contributed by atoms with E-state index in [1.807, 2.05) is 36.4 Å². The quantitative estimate of drug-likeness (QED) is 0.652. The van der Waals surface area contributed by atoms with Crippen LogP contribution in [0.15, 0.2) is 53.0 Å². The monoisotopic (exact) mass is 332 g/mol. The van der Waals surface area contributed by atoms with E-state index in [1.165, 1.54) is 0 Å². The van der Waals surface area contributed by atoms with Crippen molar-refractivity contribution in [2.75, 3.05) is 0 Å². The van der Waals surface area contributed by atoms with Crippen LogP contribution in [0.25, 0.3) is 11.3 Å². The van der Waals surface area contributed by atoms with Crippen molar-refractivity contribution in [2.45, 2.75) is 0 Å². The first kappa shape index (κ1) is 13.7. The van der Waals surface area contributed by atoms with Gasteiger partial charge < -0.3 is 5.73 Å². The van der Waals surface area contributed by atoms with Gasteiger partial charge in [0.15, 0.2) is 0 Å². The molecule has 0 saturated heterocycles. The molecule has 2 aromatic carbocycles. The fraction of sp³-hybridized carbons (Fsp3) is 0. The highest BCUT2D eigenvalue weighted by molar-refractivity contribution is 9.10. The Hall–Kier alpha value is -1.76. The molecule has 4 heteroatoms. The van der Waals surface area contributed by atoms with Gasteiger partial charge in [0.2, 0.25) is 0 Å². The van der Waals surface area contributed by atoms with Crippen LogP contribution in [-0.4, -0.2) is 0 Å². The van der Waals surface area contributed by atoms with Crippen molar-refractivity contribution in [1.82, 2.24) is 0 Å². The smallest absolute Gasteiger partial charge is 0.102 e. The second kappa shape index (κ2) is 5.92. The van der Waals surface area contributed by atoms with Gasteiger partial charge in [-0.05, 0) is 23.8 Å². The molecular formula is C15H10BrClN2. The zero-order valence-electron chi connectivity index (χ0n) is 9.90. The zero-order valence-corrected chi connectivity index (χ0v) is 12.2. The predicted molar refractivity (Wildman–Crippen MR) is 82.2 cm³/mol. The minimum Gasteiger partial charge on any atom is -0.397 e. The van der Waals surface area contributed by atoms with E-state index in [9.17, 15) is 5.26 Å². The van der Waals surface area contributed by atoms with E-state index < -0.39 is 0 Å². The Kier molecular flexibility index (Phi) is 4.26. The summed E-state index contributed by atoms with van der Waals surface area (Å²) in [7, 11) is 0. The average Bonchev–Trinajstić information content (AvgIpc) is 2.43. The van der Waals surface area contributed by atoms with E-state index in [4.69, 9.17) is 17.3 Å². The molecule has 94 valence electrons. The van der Waals surface area contributed by atoms with Crippen molar-refractivity contribution in [3.8, 4) is 6.07 Å². The first-order valence-corrected chi connectivity index (χ1v) is 6.71. The Labute approximate surface area is 125 Å². The lowest BCUT2D eigenvalue weighted by Gasteiger charge is -2.08. The van der Waals surface area contributed by atoms with Crippen LogP contribution in [0.4, 0.5) is 0 Å². The molecule has 19 heavy (non-hydrogen) atoms. The summed E-state index contributed by atoms with van der Waals surface area (Å²) in [4.78, 5) is 0. The standard InChI is InChI=1S/C15H10BrClN2/c16-11-6-7-14(17)12(8-11)15(19)13(9-18)10-4-2-1-3-5-10/h1-8H,19H2/b15-13-. The van der Waals surface area contributed by atoms with E-state index in [1.54, 1.807) is 12.1 Å². The molecule has 0 aromatic heterocycles. The molecular weight excluding hydrogens is 324 g/mol. The Morgan fingerprint density at radius 3 is 2.47 bits per heavy atom. The minimum absolute atomic E-state index is 0.375. The van der Waals surface area contributed by atoms with Crippen molar-refractivity contribution < 1.29 is 0 Å². The molecule has 2 rings (SSSR count). The molecule has 0 aliphatic rings. The van der Waals surface area contributed by atoms with Crippen LogP contribution >= 0.6 is 27.5 Å². The number of nitriles is 1. The fourth-order valence-electron chi connectivity index (χ4n) is 1.72. The lowest BCUT2D eigenvalue weighted by molar-refractivity contribution is 1.47. The number of halogens is 2. The maximum Gasteiger partial charge on any atom is 0.102 e. The van der Waals surface area contributed by atoms with Gasteiger partial charge >= 0.3 is 0 Å². The van der Waals surface area contributed by atoms with Crippen LogP contribution < -0.4 is 5.73 Å². The molecule has 2 N–H and O–H groups in total. The molecule has 0 amide bonds. The van der Waals surface area contributed by atoms with Gasteiger partial charge in [-0.15, -0.1) is 0 Å². The van der Waals surface area contributed by atoms with Crippen molar-refractivity contribution >= 4 is 38.8 Å². The lowest BCUT2D eigenvalue weighted by Crippen LogP contribution is -2.01. The van der Waals surface area contributed by atoms with Crippen LogP contribution in [0.5, 0.6) is 0 Å². The molecule has 0 saturated carbocycles. The summed E-state index contributed by atoms with van der Waals surface area (Å²) < 4.78 is 0.861. The van der Waals surface area contributed by atoms with Crippen LogP contribution in [0.3, 0.4) is 0 Å². The molecule has 2 nitrogen and oxygen atoms in total. The summed E-state index contributed by atoms with van der Waals surface area (Å²) in [5, 5.41) is 9.85. The summed E-state index contributed by atoms with van der Waals surface area (Å²) >= 11 is 9.51. The molecule has 2 aromatic rings. The van der Waals surface area contributed by atoms with Crippen molar-refractivity contribution in [1.29, 1.82) is 5.26 Å². The molecule has 0 bridgehead atoms. The highest BCUT2D eigenvalue weighted by Crippen LogP contribution is 2.29. The van der Waals surface area contributed by atoms with E-state index in [-0.39, 0.29) is 0 Å². The van der Waals surface area contributed by atoms with Crippen LogP contribution in [0.2, 0.25) is 5.02 Å². The first-order valence-electron chi connectivity index (χ1n) is 5.54. The SMILES string of the molecule is N#C/C(=C(/N)c1cc(Br)ccc1Cl)c1ccccc1. The number of nitrogens with zero attached hydrogens (tertiary/aromatic N) is 1. The number of hydrogen-bond acceptors (Lipinski definition) is 2. The van der Waals surface area contributed by atoms with Gasteiger partial charge in [0.05, 0.1) is 11.3 Å². The minimum atomic E-state index is 0.375. The second-order valence-corrected chi connectivity index (χ2v) is 5.21. The van der Waals surface area contributed by atoms with E-state index in [0.717, 1.165) is 10.0 Å². The van der Waals surface area contributed by atoms with Crippen molar-refractivity contribution in [3.05, 3.63) is 69.2 Å². The molecule has 0 heterocycles. The largest absolute Gasteiger partial charge is 0.397 e. The first-order chi connectivity index (χ1) is 9.13. The summed E-state index contributed by atoms with van der Waals surface area (Å²) in [5.74, 6) is 0. The number of allylic oxidation sites excluding steroid dienone is 1. The maximum absolute atomic E-state index is 9.33. The van der Waals surface area contributed by atoms with Gasteiger partial charge in [0, 0.05) is 15.1 Å². The van der Waals surface area contributed by atoms with E-state index >= 15 is 0 Å². The lowest BCUT2D eigenvalue weighted by atomic mass is 10.0. The third-order valence-electron chi connectivity index (χ3n) is 2.66. The summed E-state index contributed by atoms with van der Waals surface area (Å²) in [5.41, 5.74) is 8.32. The van der Waals surface area contributed by atoms with Gasteiger partial charge in [0.25, 0.3) is 0 Å². The fourth-order valence-corrected chi connectivity index (χ4v) is 2.30. The summed E-state index contributed by atoms with van der Waals surface area (Å²) in [6.45, 7) is 0. The number of rotatable bonds is 2. The van der Waals surface area contributed by atoms with Gasteiger partial charge in [0.1, 0.15) is 6.07 Å². The van der Waals surface area contributed by atoms with Gasteiger partial charge in [-0.25, -0.2) is 0 Å². The Balaban J connectivity index is 2.62. The van der Waals surface area contributed by atoms with Gasteiger partial charge in [-0.1, -0.05) is 57.9 Å². The number of nitrogens with two attached hydrogens (primary N) is 1. The van der Waals surface area contributed by atoms with Gasteiger partial charge in [-0.2, -0.15) is 5.26 Å². The molecule has 0 fully saturated rings. The zero-order chi connectivity index (χ0) is 13.8. The normalized spacial score (nSPS) is 11.6. The third-order valence-corrected chi connectivity index (χ3v) is 3.49. The highest BCUT2D eigenvalue weighted by atomic mass is 79.9. The number of benzene rings is 2. The van der Waals surface area contributed by atoms with Crippen molar-refractivity contribution in [3.63, 3.8) is 0 Å². The van der Waals surface area contributed by atoms with Crippen LogP contribution in [0.1, 0.15) is 11.1 Å². The van der Waals surface area contributed by atoms with Gasteiger partial charge in [-0.3, -0.25) is 0 Å².